The smallest absolute Gasteiger partial charge is 0.259 e. The van der Waals surface area contributed by atoms with Gasteiger partial charge in [-0.05, 0) is 42.3 Å². The molecule has 1 aliphatic heterocycles. The number of benzene rings is 1. The van der Waals surface area contributed by atoms with Crippen molar-refractivity contribution in [3.63, 3.8) is 0 Å². The summed E-state index contributed by atoms with van der Waals surface area (Å²) in [6.45, 7) is 11.6. The second-order valence-corrected chi connectivity index (χ2v) is 7.68. The molecule has 0 unspecified atom stereocenters. The quantitative estimate of drug-likeness (QED) is 0.575. The van der Waals surface area contributed by atoms with Gasteiger partial charge in [0.15, 0.2) is 0 Å². The van der Waals surface area contributed by atoms with Crippen LogP contribution in [0.2, 0.25) is 0 Å². The van der Waals surface area contributed by atoms with E-state index in [2.05, 4.69) is 47.4 Å². The molecule has 0 radical (unpaired) electrons. The van der Waals surface area contributed by atoms with Crippen LogP contribution in [0.4, 0.5) is 17.2 Å². The lowest BCUT2D eigenvalue weighted by atomic mass is 9.87. The molecule has 0 bridgehead atoms. The van der Waals surface area contributed by atoms with Crippen LogP contribution in [0.5, 0.6) is 0 Å². The van der Waals surface area contributed by atoms with Crippen molar-refractivity contribution in [3.8, 4) is 0 Å². The standard InChI is InChI=1S/C24H28N4O/c1-5-8-17(9-6-2)15-26-22-19(10-7-13-25-22)23(29)28-18-11-12-20-21(14-18)27-16-24(20,3)4/h5-14,27H,1,15-16H2,2-4H3,(H,25,26)(H,28,29)/b9-6-,17-8+. The van der Waals surface area contributed by atoms with E-state index in [1.54, 1.807) is 24.4 Å². The molecule has 1 aromatic heterocycles. The number of hydrogen-bond donors (Lipinski definition) is 3. The summed E-state index contributed by atoms with van der Waals surface area (Å²) in [5.41, 5.74) is 4.75. The van der Waals surface area contributed by atoms with Crippen molar-refractivity contribution in [1.82, 2.24) is 4.98 Å². The molecule has 0 saturated carbocycles. The molecule has 0 atom stereocenters. The SMILES string of the molecule is C=C/C=C(\C=C/C)CNc1ncccc1C(=O)Nc1ccc2c(c1)NCC2(C)C. The predicted molar refractivity (Wildman–Crippen MR) is 122 cm³/mol. The van der Waals surface area contributed by atoms with E-state index in [1.807, 2.05) is 37.3 Å². The second-order valence-electron chi connectivity index (χ2n) is 7.68. The fourth-order valence-corrected chi connectivity index (χ4v) is 3.42. The topological polar surface area (TPSA) is 66.0 Å². The van der Waals surface area contributed by atoms with Crippen LogP contribution >= 0.6 is 0 Å². The van der Waals surface area contributed by atoms with E-state index in [0.29, 0.717) is 17.9 Å². The molecular formula is C24H28N4O. The number of hydrogen-bond acceptors (Lipinski definition) is 4. The molecule has 1 amide bonds. The molecule has 2 aromatic rings. The van der Waals surface area contributed by atoms with Crippen LogP contribution in [0.1, 0.15) is 36.7 Å². The number of carbonyl (C=O) groups is 1. The number of carbonyl (C=O) groups excluding carboxylic acids is 1. The monoisotopic (exact) mass is 388 g/mol. The van der Waals surface area contributed by atoms with Crippen LogP contribution in [-0.2, 0) is 5.41 Å². The number of nitrogens with one attached hydrogen (secondary N) is 3. The van der Waals surface area contributed by atoms with Crippen molar-refractivity contribution >= 4 is 23.1 Å². The van der Waals surface area contributed by atoms with Gasteiger partial charge in [-0.15, -0.1) is 0 Å². The van der Waals surface area contributed by atoms with Crippen molar-refractivity contribution in [2.45, 2.75) is 26.2 Å². The number of nitrogens with zero attached hydrogens (tertiary/aromatic N) is 1. The average molecular weight is 389 g/mol. The summed E-state index contributed by atoms with van der Waals surface area (Å²) in [6.07, 6.45) is 9.30. The number of pyridine rings is 1. The highest BCUT2D eigenvalue weighted by Gasteiger charge is 2.29. The van der Waals surface area contributed by atoms with Gasteiger partial charge in [0.2, 0.25) is 0 Å². The van der Waals surface area contributed by atoms with Crippen molar-refractivity contribution in [2.24, 2.45) is 0 Å². The third-order valence-electron chi connectivity index (χ3n) is 4.95. The summed E-state index contributed by atoms with van der Waals surface area (Å²) >= 11 is 0. The van der Waals surface area contributed by atoms with Crippen molar-refractivity contribution in [2.75, 3.05) is 29.0 Å². The summed E-state index contributed by atoms with van der Waals surface area (Å²) in [4.78, 5) is 17.3. The van der Waals surface area contributed by atoms with E-state index in [4.69, 9.17) is 0 Å². The van der Waals surface area contributed by atoms with Gasteiger partial charge in [0.1, 0.15) is 5.82 Å². The number of amides is 1. The Hall–Kier alpha value is -3.34. The summed E-state index contributed by atoms with van der Waals surface area (Å²) in [5.74, 6) is 0.350. The maximum absolute atomic E-state index is 12.9. The molecule has 1 aliphatic rings. The third kappa shape index (κ3) is 4.74. The molecule has 150 valence electrons. The molecule has 5 nitrogen and oxygen atoms in total. The van der Waals surface area contributed by atoms with E-state index < -0.39 is 0 Å². The summed E-state index contributed by atoms with van der Waals surface area (Å²) in [5, 5.41) is 9.66. The first-order valence-corrected chi connectivity index (χ1v) is 9.77. The zero-order valence-electron chi connectivity index (χ0n) is 17.3. The summed E-state index contributed by atoms with van der Waals surface area (Å²) < 4.78 is 0. The first kappa shape index (κ1) is 20.4. The zero-order chi connectivity index (χ0) is 20.9. The first-order chi connectivity index (χ1) is 13.9. The number of fused-ring (bicyclic) bond motifs is 1. The van der Waals surface area contributed by atoms with Crippen molar-refractivity contribution < 1.29 is 4.79 Å². The third-order valence-corrected chi connectivity index (χ3v) is 4.95. The first-order valence-electron chi connectivity index (χ1n) is 9.77. The van der Waals surface area contributed by atoms with Gasteiger partial charge < -0.3 is 16.0 Å². The number of allylic oxidation sites excluding steroid dienone is 3. The second kappa shape index (κ2) is 8.78. The van der Waals surface area contributed by atoms with Gasteiger partial charge in [0, 0.05) is 36.1 Å². The molecule has 29 heavy (non-hydrogen) atoms. The van der Waals surface area contributed by atoms with E-state index in [9.17, 15) is 4.79 Å². The number of aromatic nitrogens is 1. The lowest BCUT2D eigenvalue weighted by Crippen LogP contribution is -2.18. The Kier molecular flexibility index (Phi) is 6.17. The molecule has 5 heteroatoms. The highest BCUT2D eigenvalue weighted by molar-refractivity contribution is 6.07. The fraction of sp³-hybridized carbons (Fsp3) is 0.250. The fourth-order valence-electron chi connectivity index (χ4n) is 3.42. The van der Waals surface area contributed by atoms with Crippen molar-refractivity contribution in [1.29, 1.82) is 0 Å². The van der Waals surface area contributed by atoms with Gasteiger partial charge in [-0.1, -0.05) is 50.8 Å². The highest BCUT2D eigenvalue weighted by Crippen LogP contribution is 2.37. The largest absolute Gasteiger partial charge is 0.384 e. The van der Waals surface area contributed by atoms with Crippen LogP contribution in [0.25, 0.3) is 0 Å². The van der Waals surface area contributed by atoms with E-state index in [-0.39, 0.29) is 11.3 Å². The van der Waals surface area contributed by atoms with Crippen molar-refractivity contribution in [3.05, 3.63) is 84.1 Å². The van der Waals surface area contributed by atoms with Crippen LogP contribution in [0.3, 0.4) is 0 Å². The molecule has 1 aromatic carbocycles. The summed E-state index contributed by atoms with van der Waals surface area (Å²) in [6, 6.07) is 9.55. The van der Waals surface area contributed by atoms with Gasteiger partial charge in [-0.3, -0.25) is 4.79 Å². The van der Waals surface area contributed by atoms with Crippen LogP contribution in [-0.4, -0.2) is 24.0 Å². The normalized spacial score (nSPS) is 14.9. The van der Waals surface area contributed by atoms with E-state index in [1.165, 1.54) is 5.56 Å². The van der Waals surface area contributed by atoms with E-state index in [0.717, 1.165) is 23.5 Å². The minimum Gasteiger partial charge on any atom is -0.384 e. The minimum atomic E-state index is -0.196. The highest BCUT2D eigenvalue weighted by atomic mass is 16.1. The molecule has 0 spiro atoms. The molecular weight excluding hydrogens is 360 g/mol. The predicted octanol–water partition coefficient (Wildman–Crippen LogP) is 5.14. The molecule has 0 fully saturated rings. The Morgan fingerprint density at radius 3 is 2.93 bits per heavy atom. The lowest BCUT2D eigenvalue weighted by Gasteiger charge is -2.17. The van der Waals surface area contributed by atoms with E-state index >= 15 is 0 Å². The number of rotatable bonds is 7. The Morgan fingerprint density at radius 1 is 1.34 bits per heavy atom. The van der Waals surface area contributed by atoms with Crippen LogP contribution in [0, 0.1) is 0 Å². The van der Waals surface area contributed by atoms with Crippen LogP contribution < -0.4 is 16.0 Å². The Labute approximate surface area is 172 Å². The van der Waals surface area contributed by atoms with Crippen LogP contribution in [0.15, 0.2) is 73.0 Å². The lowest BCUT2D eigenvalue weighted by molar-refractivity contribution is 0.102. The van der Waals surface area contributed by atoms with Gasteiger partial charge in [-0.25, -0.2) is 4.98 Å². The Balaban J connectivity index is 1.75. The summed E-state index contributed by atoms with van der Waals surface area (Å²) in [7, 11) is 0. The Morgan fingerprint density at radius 2 is 2.17 bits per heavy atom. The molecule has 2 heterocycles. The maximum atomic E-state index is 12.9. The van der Waals surface area contributed by atoms with Gasteiger partial charge in [-0.2, -0.15) is 0 Å². The van der Waals surface area contributed by atoms with Gasteiger partial charge in [0.25, 0.3) is 5.91 Å². The van der Waals surface area contributed by atoms with Gasteiger partial charge in [0.05, 0.1) is 5.56 Å². The number of anilines is 3. The Bertz CT molecular complexity index is 973. The average Bonchev–Trinajstić information content (AvgIpc) is 3.01. The molecule has 3 rings (SSSR count). The maximum Gasteiger partial charge on any atom is 0.259 e. The molecule has 0 saturated heterocycles. The molecule has 0 aliphatic carbocycles. The van der Waals surface area contributed by atoms with Gasteiger partial charge >= 0.3 is 0 Å². The minimum absolute atomic E-state index is 0.0991. The molecule has 3 N–H and O–H groups in total. The zero-order valence-corrected chi connectivity index (χ0v) is 17.3.